The molecule has 1 N–H and O–H groups in total. The Bertz CT molecular complexity index is 1420. The van der Waals surface area contributed by atoms with E-state index in [0.29, 0.717) is 19.6 Å². The summed E-state index contributed by atoms with van der Waals surface area (Å²) in [5.74, 6) is 1.54. The third-order valence-electron chi connectivity index (χ3n) is 6.05. The molecule has 0 bridgehead atoms. The number of pyridine rings is 1. The van der Waals surface area contributed by atoms with E-state index < -0.39 is 0 Å². The highest BCUT2D eigenvalue weighted by atomic mass is 32.1. The van der Waals surface area contributed by atoms with E-state index in [1.807, 2.05) is 49.4 Å². The molecular formula is C25H26N6O2S. The lowest BCUT2D eigenvalue weighted by Gasteiger charge is -2.29. The molecule has 0 radical (unpaired) electrons. The summed E-state index contributed by atoms with van der Waals surface area (Å²) in [7, 11) is 0. The first-order valence-corrected chi connectivity index (χ1v) is 12.2. The Kier molecular flexibility index (Phi) is 6.37. The Labute approximate surface area is 200 Å². The third kappa shape index (κ3) is 4.57. The number of aromatic nitrogens is 5. The number of H-pyrrole nitrogens is 1. The summed E-state index contributed by atoms with van der Waals surface area (Å²) in [4.78, 5) is 19.6. The largest absolute Gasteiger partial charge is 0.467 e. The Morgan fingerprint density at radius 1 is 1.18 bits per heavy atom. The maximum atomic E-state index is 13.1. The minimum absolute atomic E-state index is 0.0667. The van der Waals surface area contributed by atoms with Crippen LogP contribution in [0.2, 0.25) is 0 Å². The van der Waals surface area contributed by atoms with Crippen molar-refractivity contribution in [2.24, 2.45) is 0 Å². The molecule has 4 aromatic heterocycles. The standard InChI is InChI=1S/C25H26N6O2S/c1-3-22(24-27-28-29-31(24)15-20-9-5-11-33-20)30(16-21-10-6-12-34-21)14-19-13-18-8-4-7-17(2)23(18)26-25(19)32/h4-13,22H,3,14-16H2,1-2H3,(H,26,32). The first-order chi connectivity index (χ1) is 16.6. The molecule has 8 nitrogen and oxygen atoms in total. The Hall–Kier alpha value is -3.56. The van der Waals surface area contributed by atoms with E-state index in [9.17, 15) is 4.79 Å². The molecule has 0 aliphatic heterocycles. The van der Waals surface area contributed by atoms with Crippen molar-refractivity contribution in [3.63, 3.8) is 0 Å². The quantitative estimate of drug-likeness (QED) is 0.333. The van der Waals surface area contributed by atoms with Gasteiger partial charge in [0.1, 0.15) is 12.3 Å². The fourth-order valence-corrected chi connectivity index (χ4v) is 5.09. The van der Waals surface area contributed by atoms with Gasteiger partial charge in [-0.2, -0.15) is 0 Å². The van der Waals surface area contributed by atoms with Crippen LogP contribution < -0.4 is 5.56 Å². The van der Waals surface area contributed by atoms with E-state index in [1.54, 1.807) is 22.3 Å². The second-order valence-corrected chi connectivity index (χ2v) is 9.38. The lowest BCUT2D eigenvalue weighted by Crippen LogP contribution is -2.32. The summed E-state index contributed by atoms with van der Waals surface area (Å²) in [6, 6.07) is 15.9. The van der Waals surface area contributed by atoms with Gasteiger partial charge in [-0.25, -0.2) is 4.68 Å². The van der Waals surface area contributed by atoms with E-state index in [-0.39, 0.29) is 11.6 Å². The van der Waals surface area contributed by atoms with Gasteiger partial charge in [0.2, 0.25) is 0 Å². The predicted molar refractivity (Wildman–Crippen MR) is 132 cm³/mol. The minimum Gasteiger partial charge on any atom is -0.467 e. The van der Waals surface area contributed by atoms with Crippen molar-refractivity contribution in [3.05, 3.63) is 98.1 Å². The van der Waals surface area contributed by atoms with Crippen LogP contribution in [0.5, 0.6) is 0 Å². The average molecular weight is 475 g/mol. The number of rotatable bonds is 9. The molecule has 0 saturated heterocycles. The Balaban J connectivity index is 1.51. The molecular weight excluding hydrogens is 448 g/mol. The molecule has 0 aliphatic rings. The maximum absolute atomic E-state index is 13.1. The second-order valence-electron chi connectivity index (χ2n) is 8.35. The molecule has 4 heterocycles. The fourth-order valence-electron chi connectivity index (χ4n) is 4.36. The molecule has 0 aliphatic carbocycles. The lowest BCUT2D eigenvalue weighted by atomic mass is 10.1. The van der Waals surface area contributed by atoms with Gasteiger partial charge in [-0.3, -0.25) is 9.69 Å². The van der Waals surface area contributed by atoms with Crippen LogP contribution in [0, 0.1) is 6.92 Å². The number of tetrazole rings is 1. The molecule has 0 amide bonds. The van der Waals surface area contributed by atoms with Gasteiger partial charge in [-0.05, 0) is 64.4 Å². The van der Waals surface area contributed by atoms with Gasteiger partial charge >= 0.3 is 0 Å². The second kappa shape index (κ2) is 9.74. The fraction of sp³-hybridized carbons (Fsp3) is 0.280. The van der Waals surface area contributed by atoms with Crippen molar-refractivity contribution in [2.75, 3.05) is 0 Å². The highest BCUT2D eigenvalue weighted by molar-refractivity contribution is 7.09. The summed E-state index contributed by atoms with van der Waals surface area (Å²) in [5, 5.41) is 15.7. The van der Waals surface area contributed by atoms with Crippen molar-refractivity contribution in [1.29, 1.82) is 0 Å². The average Bonchev–Trinajstić information content (AvgIpc) is 3.60. The summed E-state index contributed by atoms with van der Waals surface area (Å²) < 4.78 is 7.29. The van der Waals surface area contributed by atoms with Crippen LogP contribution in [0.25, 0.3) is 10.9 Å². The first-order valence-electron chi connectivity index (χ1n) is 11.3. The number of hydrogen-bond acceptors (Lipinski definition) is 7. The Morgan fingerprint density at radius 2 is 2.09 bits per heavy atom. The molecule has 0 fully saturated rings. The molecule has 0 spiro atoms. The van der Waals surface area contributed by atoms with Crippen molar-refractivity contribution in [1.82, 2.24) is 30.1 Å². The van der Waals surface area contributed by atoms with Crippen LogP contribution in [0.1, 0.15) is 47.0 Å². The summed E-state index contributed by atoms with van der Waals surface area (Å²) in [6.07, 6.45) is 2.43. The highest BCUT2D eigenvalue weighted by Crippen LogP contribution is 2.28. The van der Waals surface area contributed by atoms with Crippen LogP contribution in [0.15, 0.2) is 69.4 Å². The number of aryl methyl sites for hydroxylation is 1. The molecule has 174 valence electrons. The van der Waals surface area contributed by atoms with E-state index >= 15 is 0 Å². The van der Waals surface area contributed by atoms with Crippen LogP contribution in [0.4, 0.5) is 0 Å². The van der Waals surface area contributed by atoms with E-state index in [2.05, 4.69) is 43.8 Å². The number of nitrogens with one attached hydrogen (secondary N) is 1. The number of fused-ring (bicyclic) bond motifs is 1. The minimum atomic E-state index is -0.0836. The molecule has 1 unspecified atom stereocenters. The normalized spacial score (nSPS) is 12.6. The molecule has 9 heteroatoms. The monoisotopic (exact) mass is 474 g/mol. The zero-order valence-electron chi connectivity index (χ0n) is 19.1. The van der Waals surface area contributed by atoms with Gasteiger partial charge in [-0.15, -0.1) is 16.4 Å². The number of nitrogens with zero attached hydrogens (tertiary/aromatic N) is 5. The molecule has 5 aromatic rings. The summed E-state index contributed by atoms with van der Waals surface area (Å²) >= 11 is 1.70. The number of hydrogen-bond donors (Lipinski definition) is 1. The molecule has 5 rings (SSSR count). The zero-order valence-corrected chi connectivity index (χ0v) is 20.0. The van der Waals surface area contributed by atoms with Gasteiger partial charge in [0.15, 0.2) is 5.82 Å². The molecule has 1 atom stereocenters. The number of furan rings is 1. The molecule has 0 saturated carbocycles. The van der Waals surface area contributed by atoms with Crippen molar-refractivity contribution in [2.45, 2.75) is 45.9 Å². The number of aromatic amines is 1. The van der Waals surface area contributed by atoms with Gasteiger partial charge in [0.05, 0.1) is 17.8 Å². The van der Waals surface area contributed by atoms with E-state index in [1.165, 1.54) is 4.88 Å². The van der Waals surface area contributed by atoms with Gasteiger partial charge < -0.3 is 9.40 Å². The zero-order chi connectivity index (χ0) is 23.5. The SMILES string of the molecule is CCC(c1nnnn1Cc1ccco1)N(Cc1cccs1)Cc1cc2cccc(C)c2[nH]c1=O. The van der Waals surface area contributed by atoms with E-state index in [4.69, 9.17) is 4.42 Å². The topological polar surface area (TPSA) is 92.8 Å². The van der Waals surface area contributed by atoms with Gasteiger partial charge in [0, 0.05) is 23.5 Å². The van der Waals surface area contributed by atoms with Crippen molar-refractivity contribution < 1.29 is 4.42 Å². The van der Waals surface area contributed by atoms with Gasteiger partial charge in [-0.1, -0.05) is 31.2 Å². The van der Waals surface area contributed by atoms with Crippen molar-refractivity contribution >= 4 is 22.2 Å². The number of thiophene rings is 1. The van der Waals surface area contributed by atoms with Crippen LogP contribution >= 0.6 is 11.3 Å². The van der Waals surface area contributed by atoms with Crippen LogP contribution in [-0.4, -0.2) is 30.1 Å². The first kappa shape index (κ1) is 22.2. The predicted octanol–water partition coefficient (Wildman–Crippen LogP) is 4.68. The van der Waals surface area contributed by atoms with E-state index in [0.717, 1.165) is 40.0 Å². The molecule has 1 aromatic carbocycles. The maximum Gasteiger partial charge on any atom is 0.252 e. The number of para-hydroxylation sites is 1. The van der Waals surface area contributed by atoms with Crippen LogP contribution in [-0.2, 0) is 19.6 Å². The number of benzene rings is 1. The van der Waals surface area contributed by atoms with Crippen LogP contribution in [0.3, 0.4) is 0 Å². The summed E-state index contributed by atoms with van der Waals surface area (Å²) in [6.45, 7) is 5.74. The smallest absolute Gasteiger partial charge is 0.252 e. The van der Waals surface area contributed by atoms with Crippen molar-refractivity contribution in [3.8, 4) is 0 Å². The summed E-state index contributed by atoms with van der Waals surface area (Å²) in [5.41, 5.74) is 2.59. The molecule has 34 heavy (non-hydrogen) atoms. The lowest BCUT2D eigenvalue weighted by molar-refractivity contribution is 0.162. The Morgan fingerprint density at radius 3 is 2.85 bits per heavy atom. The third-order valence-corrected chi connectivity index (χ3v) is 6.91. The highest BCUT2D eigenvalue weighted by Gasteiger charge is 2.26. The van der Waals surface area contributed by atoms with Gasteiger partial charge in [0.25, 0.3) is 5.56 Å².